The number of nitrogens with zero attached hydrogens (tertiary/aromatic N) is 6. The van der Waals surface area contributed by atoms with Gasteiger partial charge in [-0.25, -0.2) is 0 Å². The number of hydrogen-bond donors (Lipinski definition) is 6. The van der Waals surface area contributed by atoms with E-state index in [-0.39, 0.29) is 35.7 Å². The van der Waals surface area contributed by atoms with Gasteiger partial charge in [0.25, 0.3) is 0 Å². The molecule has 2 heterocycles. The van der Waals surface area contributed by atoms with Crippen molar-refractivity contribution >= 4 is 41.6 Å². The lowest BCUT2D eigenvalue weighted by molar-refractivity contribution is -0.116. The number of amides is 1. The average Bonchev–Trinajstić information content (AvgIpc) is 2.35. The van der Waals surface area contributed by atoms with E-state index in [4.69, 9.17) is 22.9 Å². The number of hydrogen-bond acceptors (Lipinski definition) is 12. The SMILES string of the molecule is CC(Nc1nc(N)nc(N)n1)C(=O)Nc1nc(N)nc(N)n1. The molecule has 116 valence electrons. The van der Waals surface area contributed by atoms with Crippen molar-refractivity contribution in [3.8, 4) is 0 Å². The lowest BCUT2D eigenvalue weighted by Crippen LogP contribution is -2.33. The highest BCUT2D eigenvalue weighted by molar-refractivity contribution is 5.94. The first-order valence-corrected chi connectivity index (χ1v) is 5.95. The van der Waals surface area contributed by atoms with Crippen molar-refractivity contribution in [1.82, 2.24) is 29.9 Å². The number of nitrogens with two attached hydrogens (primary N) is 4. The maximum atomic E-state index is 12.0. The number of rotatable bonds is 4. The molecule has 0 aliphatic carbocycles. The van der Waals surface area contributed by atoms with Crippen LogP contribution in [0.2, 0.25) is 0 Å². The topological polar surface area (TPSA) is 223 Å². The van der Waals surface area contributed by atoms with Gasteiger partial charge in [0.15, 0.2) is 0 Å². The fourth-order valence-corrected chi connectivity index (χ4v) is 1.42. The number of nitrogens with one attached hydrogen (secondary N) is 2. The lowest BCUT2D eigenvalue weighted by Gasteiger charge is -2.13. The summed E-state index contributed by atoms with van der Waals surface area (Å²) in [7, 11) is 0. The van der Waals surface area contributed by atoms with Crippen LogP contribution < -0.4 is 33.6 Å². The standard InChI is InChI=1S/C9H14N12O/c1-2(14-8-18-4(10)16-5(11)19-8)3(22)15-9-20-6(12)17-7(13)21-9/h2H,1H3,(H5,10,11,14,16,18,19)(H5,12,13,15,17,20,21,22). The van der Waals surface area contributed by atoms with Crippen LogP contribution in [0.4, 0.5) is 35.7 Å². The number of carbonyl (C=O) groups is 1. The van der Waals surface area contributed by atoms with E-state index in [1.807, 2.05) is 0 Å². The Kier molecular flexibility index (Phi) is 3.97. The summed E-state index contributed by atoms with van der Waals surface area (Å²) in [4.78, 5) is 34.3. The van der Waals surface area contributed by atoms with Crippen molar-refractivity contribution < 1.29 is 4.79 Å². The average molecular weight is 306 g/mol. The van der Waals surface area contributed by atoms with E-state index in [9.17, 15) is 4.79 Å². The fraction of sp³-hybridized carbons (Fsp3) is 0.222. The first-order chi connectivity index (χ1) is 10.3. The van der Waals surface area contributed by atoms with Crippen LogP contribution in [0.3, 0.4) is 0 Å². The molecule has 10 N–H and O–H groups in total. The molecule has 0 saturated carbocycles. The predicted octanol–water partition coefficient (Wildman–Crippen LogP) is -2.18. The van der Waals surface area contributed by atoms with E-state index in [0.29, 0.717) is 0 Å². The number of nitrogen functional groups attached to an aromatic ring is 4. The summed E-state index contributed by atoms with van der Waals surface area (Å²) >= 11 is 0. The molecule has 2 aromatic heterocycles. The summed E-state index contributed by atoms with van der Waals surface area (Å²) < 4.78 is 0. The molecule has 22 heavy (non-hydrogen) atoms. The van der Waals surface area contributed by atoms with E-state index in [2.05, 4.69) is 40.5 Å². The van der Waals surface area contributed by atoms with Gasteiger partial charge >= 0.3 is 0 Å². The van der Waals surface area contributed by atoms with E-state index < -0.39 is 11.9 Å². The molecule has 0 aliphatic heterocycles. The second-order valence-electron chi connectivity index (χ2n) is 4.11. The quantitative estimate of drug-likeness (QED) is 0.354. The van der Waals surface area contributed by atoms with Gasteiger partial charge in [0.2, 0.25) is 41.6 Å². The number of aromatic nitrogens is 6. The largest absolute Gasteiger partial charge is 0.368 e. The Morgan fingerprint density at radius 1 is 0.818 bits per heavy atom. The monoisotopic (exact) mass is 306 g/mol. The first kappa shape index (κ1) is 14.9. The second kappa shape index (κ2) is 5.86. The van der Waals surface area contributed by atoms with Gasteiger partial charge in [0.1, 0.15) is 6.04 Å². The highest BCUT2D eigenvalue weighted by Gasteiger charge is 2.16. The van der Waals surface area contributed by atoms with Gasteiger partial charge in [0, 0.05) is 0 Å². The van der Waals surface area contributed by atoms with Gasteiger partial charge in [-0.1, -0.05) is 0 Å². The van der Waals surface area contributed by atoms with Crippen LogP contribution in [0.1, 0.15) is 6.92 Å². The lowest BCUT2D eigenvalue weighted by atomic mass is 10.3. The zero-order valence-electron chi connectivity index (χ0n) is 11.5. The van der Waals surface area contributed by atoms with Crippen LogP contribution in [0.25, 0.3) is 0 Å². The van der Waals surface area contributed by atoms with Gasteiger partial charge in [-0.2, -0.15) is 29.9 Å². The third-order valence-electron chi connectivity index (χ3n) is 2.31. The maximum absolute atomic E-state index is 12.0. The third kappa shape index (κ3) is 3.75. The molecule has 0 aliphatic rings. The Labute approximate surface area is 124 Å². The van der Waals surface area contributed by atoms with Gasteiger partial charge in [-0.3, -0.25) is 10.1 Å². The van der Waals surface area contributed by atoms with Crippen LogP contribution in [-0.4, -0.2) is 41.9 Å². The number of carbonyl (C=O) groups excluding carboxylic acids is 1. The molecule has 0 radical (unpaired) electrons. The van der Waals surface area contributed by atoms with Crippen molar-refractivity contribution in [3.63, 3.8) is 0 Å². The van der Waals surface area contributed by atoms with Crippen molar-refractivity contribution in [2.45, 2.75) is 13.0 Å². The first-order valence-electron chi connectivity index (χ1n) is 5.95. The summed E-state index contributed by atoms with van der Waals surface area (Å²) in [6, 6.07) is -0.750. The van der Waals surface area contributed by atoms with E-state index in [0.717, 1.165) is 0 Å². The van der Waals surface area contributed by atoms with Crippen LogP contribution in [0, 0.1) is 0 Å². The Morgan fingerprint density at radius 2 is 1.23 bits per heavy atom. The van der Waals surface area contributed by atoms with Gasteiger partial charge in [0.05, 0.1) is 0 Å². The van der Waals surface area contributed by atoms with Gasteiger partial charge in [-0.05, 0) is 6.92 Å². The molecule has 0 saturated heterocycles. The molecule has 0 bridgehead atoms. The summed E-state index contributed by atoms with van der Waals surface area (Å²) in [6.45, 7) is 1.55. The molecule has 13 nitrogen and oxygen atoms in total. The highest BCUT2D eigenvalue weighted by Crippen LogP contribution is 2.07. The second-order valence-corrected chi connectivity index (χ2v) is 4.11. The van der Waals surface area contributed by atoms with E-state index in [1.54, 1.807) is 6.92 Å². The molecular formula is C9H14N12O. The normalized spacial score (nSPS) is 11.7. The Bertz CT molecular complexity index is 662. The molecule has 0 spiro atoms. The predicted molar refractivity (Wildman–Crippen MR) is 79.0 cm³/mol. The van der Waals surface area contributed by atoms with Gasteiger partial charge < -0.3 is 28.3 Å². The molecule has 1 amide bonds. The van der Waals surface area contributed by atoms with Crippen molar-refractivity contribution in [3.05, 3.63) is 0 Å². The molecule has 2 rings (SSSR count). The Morgan fingerprint density at radius 3 is 1.68 bits per heavy atom. The van der Waals surface area contributed by atoms with Crippen LogP contribution in [0.5, 0.6) is 0 Å². The zero-order valence-corrected chi connectivity index (χ0v) is 11.5. The molecule has 0 aromatic carbocycles. The number of anilines is 6. The van der Waals surface area contributed by atoms with Crippen molar-refractivity contribution in [2.24, 2.45) is 0 Å². The van der Waals surface area contributed by atoms with Crippen LogP contribution >= 0.6 is 0 Å². The summed E-state index contributed by atoms with van der Waals surface area (Å²) in [6.07, 6.45) is 0. The Hall–Kier alpha value is -3.51. The molecule has 0 fully saturated rings. The highest BCUT2D eigenvalue weighted by atomic mass is 16.2. The molecule has 1 atom stereocenters. The van der Waals surface area contributed by atoms with Crippen molar-refractivity contribution in [1.29, 1.82) is 0 Å². The minimum atomic E-state index is -0.750. The van der Waals surface area contributed by atoms with Gasteiger partial charge in [-0.15, -0.1) is 0 Å². The maximum Gasteiger partial charge on any atom is 0.249 e. The van der Waals surface area contributed by atoms with Crippen LogP contribution in [0.15, 0.2) is 0 Å². The molecular weight excluding hydrogens is 292 g/mol. The van der Waals surface area contributed by atoms with Crippen molar-refractivity contribution in [2.75, 3.05) is 33.6 Å². The summed E-state index contributed by atoms with van der Waals surface area (Å²) in [5, 5.41) is 5.12. The minimum Gasteiger partial charge on any atom is -0.368 e. The molecule has 13 heteroatoms. The molecule has 1 unspecified atom stereocenters. The zero-order chi connectivity index (χ0) is 16.3. The summed E-state index contributed by atoms with van der Waals surface area (Å²) in [5.74, 6) is -0.854. The third-order valence-corrected chi connectivity index (χ3v) is 2.31. The fourth-order valence-electron chi connectivity index (χ4n) is 1.42. The minimum absolute atomic E-state index is 0.0577. The smallest absolute Gasteiger partial charge is 0.249 e. The summed E-state index contributed by atoms with van der Waals surface area (Å²) in [5.41, 5.74) is 21.7. The Balaban J connectivity index is 2.05. The van der Waals surface area contributed by atoms with E-state index in [1.165, 1.54) is 0 Å². The van der Waals surface area contributed by atoms with E-state index >= 15 is 0 Å². The van der Waals surface area contributed by atoms with Crippen LogP contribution in [-0.2, 0) is 4.79 Å². The molecule has 2 aromatic rings.